The lowest BCUT2D eigenvalue weighted by Crippen LogP contribution is -1.86. The molecule has 0 amide bonds. The Bertz CT molecular complexity index is 1440. The lowest BCUT2D eigenvalue weighted by atomic mass is 10.0. The van der Waals surface area contributed by atoms with Crippen molar-refractivity contribution in [2.75, 3.05) is 5.32 Å². The summed E-state index contributed by atoms with van der Waals surface area (Å²) in [5.74, 6) is 0. The van der Waals surface area contributed by atoms with Crippen molar-refractivity contribution in [3.05, 3.63) is 107 Å². The van der Waals surface area contributed by atoms with Crippen molar-refractivity contribution in [3.63, 3.8) is 0 Å². The monoisotopic (exact) mass is 434 g/mol. The molecule has 0 bridgehead atoms. The Balaban J connectivity index is 1.30. The molecule has 1 aliphatic rings. The molecule has 0 fully saturated rings. The van der Waals surface area contributed by atoms with E-state index >= 15 is 0 Å². The molecule has 1 aliphatic heterocycles. The van der Waals surface area contributed by atoms with E-state index in [1.807, 2.05) is 0 Å². The summed E-state index contributed by atoms with van der Waals surface area (Å²) in [6.07, 6.45) is 10.4. The van der Waals surface area contributed by atoms with Gasteiger partial charge in [0.25, 0.3) is 0 Å². The van der Waals surface area contributed by atoms with Gasteiger partial charge in [-0.25, -0.2) is 4.98 Å². The minimum atomic E-state index is 1.02. The van der Waals surface area contributed by atoms with Crippen LogP contribution in [-0.2, 0) is 0 Å². The summed E-state index contributed by atoms with van der Waals surface area (Å²) < 4.78 is 1.25. The van der Waals surface area contributed by atoms with E-state index in [9.17, 15) is 0 Å². The van der Waals surface area contributed by atoms with Crippen molar-refractivity contribution < 1.29 is 0 Å². The van der Waals surface area contributed by atoms with Crippen LogP contribution in [0.3, 0.4) is 0 Å². The molecule has 0 radical (unpaired) electrons. The van der Waals surface area contributed by atoms with Crippen LogP contribution in [0.1, 0.15) is 5.01 Å². The highest BCUT2D eigenvalue weighted by atomic mass is 32.2. The number of nitrogens with one attached hydrogen (secondary N) is 1. The van der Waals surface area contributed by atoms with Gasteiger partial charge in [0, 0.05) is 15.7 Å². The van der Waals surface area contributed by atoms with Crippen LogP contribution in [0.5, 0.6) is 0 Å². The highest BCUT2D eigenvalue weighted by Crippen LogP contribution is 2.40. The summed E-state index contributed by atoms with van der Waals surface area (Å²) in [5.41, 5.74) is 2.27. The fourth-order valence-electron chi connectivity index (χ4n) is 3.97. The van der Waals surface area contributed by atoms with E-state index in [0.717, 1.165) is 15.6 Å². The molecule has 0 saturated carbocycles. The molecule has 0 aliphatic carbocycles. The third-order valence-electron chi connectivity index (χ3n) is 5.36. The van der Waals surface area contributed by atoms with Crippen molar-refractivity contribution in [1.29, 1.82) is 0 Å². The number of fused-ring (bicyclic) bond motifs is 7. The third kappa shape index (κ3) is 3.34. The maximum atomic E-state index is 4.96. The van der Waals surface area contributed by atoms with Crippen LogP contribution in [0, 0.1) is 0 Å². The largest absolute Gasteiger partial charge is 0.349 e. The Kier molecular flexibility index (Phi) is 4.59. The van der Waals surface area contributed by atoms with Crippen molar-refractivity contribution in [1.82, 2.24) is 4.98 Å². The molecule has 148 valence electrons. The lowest BCUT2D eigenvalue weighted by Gasteiger charge is -2.05. The van der Waals surface area contributed by atoms with E-state index in [-0.39, 0.29) is 0 Å². The van der Waals surface area contributed by atoms with Gasteiger partial charge in [-0.15, -0.1) is 11.3 Å². The second-order valence-corrected chi connectivity index (χ2v) is 9.43. The van der Waals surface area contributed by atoms with Gasteiger partial charge in [0.05, 0.1) is 20.9 Å². The maximum absolute atomic E-state index is 4.96. The van der Waals surface area contributed by atoms with Crippen LogP contribution in [0.2, 0.25) is 0 Å². The van der Waals surface area contributed by atoms with Crippen LogP contribution in [-0.4, -0.2) is 4.98 Å². The van der Waals surface area contributed by atoms with Crippen molar-refractivity contribution in [3.8, 4) is 0 Å². The molecule has 6 rings (SSSR count). The molecular formula is C27H18N2S2. The Morgan fingerprint density at radius 3 is 2.26 bits per heavy atom. The van der Waals surface area contributed by atoms with Gasteiger partial charge >= 0.3 is 0 Å². The average molecular weight is 435 g/mol. The predicted octanol–water partition coefficient (Wildman–Crippen LogP) is 8.23. The summed E-state index contributed by atoms with van der Waals surface area (Å²) in [4.78, 5) is 6.23. The van der Waals surface area contributed by atoms with Gasteiger partial charge in [0.2, 0.25) is 0 Å². The van der Waals surface area contributed by atoms with E-state index in [2.05, 4.69) is 108 Å². The molecular weight excluding hydrogens is 416 g/mol. The zero-order chi connectivity index (χ0) is 20.6. The molecule has 2 nitrogen and oxygen atoms in total. The Morgan fingerprint density at radius 1 is 0.710 bits per heavy atom. The van der Waals surface area contributed by atoms with Crippen LogP contribution < -0.4 is 5.32 Å². The number of para-hydroxylation sites is 1. The summed E-state index contributed by atoms with van der Waals surface area (Å²) >= 11 is 3.51. The smallest absolute Gasteiger partial charge is 0.117 e. The van der Waals surface area contributed by atoms with Crippen LogP contribution in [0.15, 0.2) is 107 Å². The Morgan fingerprint density at radius 2 is 1.42 bits per heavy atom. The van der Waals surface area contributed by atoms with Crippen molar-refractivity contribution >= 4 is 66.6 Å². The second-order valence-electron chi connectivity index (χ2n) is 7.32. The minimum absolute atomic E-state index is 1.02. The zero-order valence-corrected chi connectivity index (χ0v) is 18.2. The van der Waals surface area contributed by atoms with Gasteiger partial charge in [-0.1, -0.05) is 90.7 Å². The second kappa shape index (κ2) is 7.73. The standard InChI is InChI=1S/C27H18N2S2/c1(2-16-24-28-22-14-8-9-15-23(22)30-24)3-17-25-29-26-20-12-6-4-10-18(20)19-11-5-7-13-21(19)27(26)31-25/h1-17,28H. The molecule has 0 atom stereocenters. The van der Waals surface area contributed by atoms with E-state index in [0.29, 0.717) is 0 Å². The zero-order valence-electron chi connectivity index (χ0n) is 16.6. The molecule has 5 aromatic rings. The van der Waals surface area contributed by atoms with Gasteiger partial charge in [-0.05, 0) is 35.1 Å². The predicted molar refractivity (Wildman–Crippen MR) is 137 cm³/mol. The van der Waals surface area contributed by atoms with E-state index < -0.39 is 0 Å². The van der Waals surface area contributed by atoms with E-state index in [1.165, 1.54) is 36.8 Å². The molecule has 1 aromatic heterocycles. The number of anilines is 1. The highest BCUT2D eigenvalue weighted by Gasteiger charge is 2.13. The first-order valence-corrected chi connectivity index (χ1v) is 11.8. The quantitative estimate of drug-likeness (QED) is 0.229. The average Bonchev–Trinajstić information content (AvgIpc) is 3.43. The Hall–Kier alpha value is -3.34. The lowest BCUT2D eigenvalue weighted by molar-refractivity contribution is 1.46. The van der Waals surface area contributed by atoms with Crippen molar-refractivity contribution in [2.24, 2.45) is 0 Å². The normalized spacial score (nSPS) is 15.0. The molecule has 2 heterocycles. The minimum Gasteiger partial charge on any atom is -0.349 e. The van der Waals surface area contributed by atoms with E-state index in [4.69, 9.17) is 4.98 Å². The van der Waals surface area contributed by atoms with Gasteiger partial charge in [-0.3, -0.25) is 0 Å². The molecule has 0 unspecified atom stereocenters. The molecule has 31 heavy (non-hydrogen) atoms. The fourth-order valence-corrected chi connectivity index (χ4v) is 5.92. The summed E-state index contributed by atoms with van der Waals surface area (Å²) in [6, 6.07) is 25.5. The number of nitrogens with zero attached hydrogens (tertiary/aromatic N) is 1. The number of thioether (sulfide) groups is 1. The maximum Gasteiger partial charge on any atom is 0.117 e. The first-order valence-electron chi connectivity index (χ1n) is 10.2. The molecule has 0 spiro atoms. The summed E-state index contributed by atoms with van der Waals surface area (Å²) in [6.45, 7) is 0. The number of allylic oxidation sites excluding steroid dienone is 4. The summed E-state index contributed by atoms with van der Waals surface area (Å²) in [7, 11) is 0. The van der Waals surface area contributed by atoms with Gasteiger partial charge in [0.1, 0.15) is 5.01 Å². The van der Waals surface area contributed by atoms with Gasteiger partial charge in [0.15, 0.2) is 0 Å². The van der Waals surface area contributed by atoms with Crippen LogP contribution >= 0.6 is 23.1 Å². The van der Waals surface area contributed by atoms with Crippen LogP contribution in [0.25, 0.3) is 37.8 Å². The van der Waals surface area contributed by atoms with Gasteiger partial charge < -0.3 is 5.32 Å². The molecule has 4 heteroatoms. The molecule has 1 N–H and O–H groups in total. The third-order valence-corrected chi connectivity index (χ3v) is 7.45. The molecule has 4 aromatic carbocycles. The number of benzene rings is 4. The number of hydrogen-bond donors (Lipinski definition) is 1. The van der Waals surface area contributed by atoms with Gasteiger partial charge in [-0.2, -0.15) is 0 Å². The topological polar surface area (TPSA) is 24.9 Å². The first-order chi connectivity index (χ1) is 15.4. The Labute approximate surface area is 188 Å². The van der Waals surface area contributed by atoms with Crippen LogP contribution in [0.4, 0.5) is 5.69 Å². The number of thiazole rings is 1. The van der Waals surface area contributed by atoms with Crippen molar-refractivity contribution in [2.45, 2.75) is 4.90 Å². The SMILES string of the molecule is C(=CC=C1Nc2ccccc2S1)C=Cc1nc2c3ccccc3c3ccccc3c2s1. The van der Waals surface area contributed by atoms with E-state index in [1.54, 1.807) is 23.1 Å². The highest BCUT2D eigenvalue weighted by molar-refractivity contribution is 8.03. The first kappa shape index (κ1) is 18.4. The number of rotatable bonds is 3. The number of aromatic nitrogens is 1. The molecule has 0 saturated heterocycles. The fraction of sp³-hybridized carbons (Fsp3) is 0. The number of hydrogen-bond acceptors (Lipinski definition) is 4. The summed E-state index contributed by atoms with van der Waals surface area (Å²) in [5, 5.41) is 10.6.